The molecule has 0 saturated carbocycles. The van der Waals surface area contributed by atoms with Gasteiger partial charge in [-0.2, -0.15) is 8.42 Å². The Labute approximate surface area is 122 Å². The number of carbonyl (C=O) groups is 1. The second-order valence-electron chi connectivity index (χ2n) is 3.78. The Hall–Kier alpha value is -1.67. The highest BCUT2D eigenvalue weighted by molar-refractivity contribution is 9.10. The van der Waals surface area contributed by atoms with Crippen LogP contribution in [0.1, 0.15) is 10.4 Å². The zero-order valence-corrected chi connectivity index (χ0v) is 12.5. The van der Waals surface area contributed by atoms with Gasteiger partial charge in [0.25, 0.3) is 0 Å². The molecule has 0 aromatic heterocycles. The van der Waals surface area contributed by atoms with Gasteiger partial charge < -0.3 is 8.92 Å². The van der Waals surface area contributed by atoms with E-state index in [-0.39, 0.29) is 5.75 Å². The van der Waals surface area contributed by atoms with Crippen molar-refractivity contribution in [2.45, 2.75) is 0 Å². The van der Waals surface area contributed by atoms with Gasteiger partial charge in [-0.15, -0.1) is 0 Å². The summed E-state index contributed by atoms with van der Waals surface area (Å²) in [7, 11) is -3.85. The highest BCUT2D eigenvalue weighted by Gasteiger charge is 2.16. The summed E-state index contributed by atoms with van der Waals surface area (Å²) in [5.41, 5.74) is 0.298. The van der Waals surface area contributed by atoms with E-state index >= 15 is 0 Å². The second kappa shape index (κ2) is 5.37. The number of halogens is 2. The Morgan fingerprint density at radius 3 is 2.60 bits per heavy atom. The van der Waals surface area contributed by atoms with Gasteiger partial charge >= 0.3 is 16.5 Å². The van der Waals surface area contributed by atoms with E-state index < -0.39 is 16.5 Å². The maximum atomic E-state index is 12.5. The van der Waals surface area contributed by atoms with Crippen LogP contribution in [0.25, 0.3) is 10.8 Å². The number of methoxy groups -OCH3 is 1. The van der Waals surface area contributed by atoms with Crippen LogP contribution in [-0.2, 0) is 15.2 Å². The van der Waals surface area contributed by atoms with Crippen molar-refractivity contribution in [3.05, 3.63) is 40.4 Å². The first-order valence-corrected chi connectivity index (χ1v) is 7.36. The molecule has 106 valence electrons. The third-order valence-electron chi connectivity index (χ3n) is 2.50. The summed E-state index contributed by atoms with van der Waals surface area (Å²) in [6.07, 6.45) is 0. The largest absolute Gasteiger partial charge is 0.488 e. The number of hydrogen-bond donors (Lipinski definition) is 0. The minimum Gasteiger partial charge on any atom is -0.465 e. The molecule has 20 heavy (non-hydrogen) atoms. The first-order valence-electron chi connectivity index (χ1n) is 5.26. The second-order valence-corrected chi connectivity index (χ2v) is 5.58. The molecular weight excluding hydrogens is 355 g/mol. The van der Waals surface area contributed by atoms with E-state index in [1.54, 1.807) is 18.2 Å². The van der Waals surface area contributed by atoms with Crippen molar-refractivity contribution in [1.82, 2.24) is 0 Å². The smallest absolute Gasteiger partial charge is 0.465 e. The van der Waals surface area contributed by atoms with E-state index in [2.05, 4.69) is 24.8 Å². The lowest BCUT2D eigenvalue weighted by Gasteiger charge is -2.09. The lowest BCUT2D eigenvalue weighted by atomic mass is 10.0. The molecule has 0 amide bonds. The molecule has 2 rings (SSSR count). The molecule has 0 atom stereocenters. The van der Waals surface area contributed by atoms with Gasteiger partial charge in [-0.05, 0) is 39.5 Å². The fraction of sp³-hybridized carbons (Fsp3) is 0.0833. The summed E-state index contributed by atoms with van der Waals surface area (Å²) in [6.45, 7) is 0. The highest BCUT2D eigenvalue weighted by Crippen LogP contribution is 2.33. The van der Waals surface area contributed by atoms with Crippen molar-refractivity contribution in [3.8, 4) is 5.75 Å². The molecule has 0 heterocycles. The van der Waals surface area contributed by atoms with Crippen LogP contribution in [0.5, 0.6) is 5.75 Å². The van der Waals surface area contributed by atoms with Gasteiger partial charge in [-0.1, -0.05) is 16.0 Å². The molecule has 0 bridgehead atoms. The van der Waals surface area contributed by atoms with Gasteiger partial charge in [0.1, 0.15) is 5.75 Å². The third kappa shape index (κ3) is 3.07. The normalized spacial score (nSPS) is 11.3. The van der Waals surface area contributed by atoms with Gasteiger partial charge in [0, 0.05) is 9.86 Å². The predicted octanol–water partition coefficient (Wildman–Crippen LogP) is 2.98. The number of carbonyl (C=O) groups excluding carboxylic acids is 1. The Bertz CT molecular complexity index is 788. The first-order chi connectivity index (χ1) is 9.31. The van der Waals surface area contributed by atoms with Gasteiger partial charge in [-0.25, -0.2) is 4.79 Å². The van der Waals surface area contributed by atoms with E-state index in [9.17, 15) is 17.1 Å². The molecule has 8 heteroatoms. The van der Waals surface area contributed by atoms with Gasteiger partial charge in [0.15, 0.2) is 0 Å². The Morgan fingerprint density at radius 1 is 1.30 bits per heavy atom. The summed E-state index contributed by atoms with van der Waals surface area (Å²) in [5.74, 6) is -0.739. The van der Waals surface area contributed by atoms with Crippen molar-refractivity contribution in [2.24, 2.45) is 0 Å². The van der Waals surface area contributed by atoms with E-state index in [0.717, 1.165) is 0 Å². The van der Waals surface area contributed by atoms with E-state index in [1.807, 2.05) is 0 Å². The molecular formula is C12H8BrFO5S. The molecule has 0 fully saturated rings. The molecule has 0 N–H and O–H groups in total. The topological polar surface area (TPSA) is 69.7 Å². The summed E-state index contributed by atoms with van der Waals surface area (Å²) < 4.78 is 42.7. The van der Waals surface area contributed by atoms with Crippen LogP contribution in [0.4, 0.5) is 3.89 Å². The first kappa shape index (κ1) is 14.7. The molecule has 0 aliphatic heterocycles. The van der Waals surface area contributed by atoms with Gasteiger partial charge in [0.05, 0.1) is 12.7 Å². The molecule has 2 aromatic rings. The quantitative estimate of drug-likeness (QED) is 0.620. The number of hydrogen-bond acceptors (Lipinski definition) is 5. The molecule has 0 radical (unpaired) electrons. The monoisotopic (exact) mass is 362 g/mol. The summed E-state index contributed by atoms with van der Waals surface area (Å²) in [5, 5.41) is 1.02. The zero-order valence-electron chi connectivity index (χ0n) is 10.1. The number of ether oxygens (including phenoxy) is 1. The van der Waals surface area contributed by atoms with Crippen LogP contribution in [0.15, 0.2) is 34.8 Å². The zero-order chi connectivity index (χ0) is 14.9. The van der Waals surface area contributed by atoms with Crippen molar-refractivity contribution < 1.29 is 26.0 Å². The molecule has 0 spiro atoms. The maximum Gasteiger partial charge on any atom is 0.488 e. The fourth-order valence-corrected chi connectivity index (χ4v) is 2.79. The molecule has 5 nitrogen and oxygen atoms in total. The summed E-state index contributed by atoms with van der Waals surface area (Å²) in [4.78, 5) is 11.7. The Balaban J connectivity index is 2.66. The third-order valence-corrected chi connectivity index (χ3v) is 3.52. The predicted molar refractivity (Wildman–Crippen MR) is 73.6 cm³/mol. The Morgan fingerprint density at radius 2 is 2.00 bits per heavy atom. The number of fused-ring (bicyclic) bond motifs is 1. The SMILES string of the molecule is COC(=O)c1cccc2cc(OS(=O)(=O)F)cc(Br)c12. The summed E-state index contributed by atoms with van der Waals surface area (Å²) in [6, 6.07) is 7.35. The standard InChI is InChI=1S/C12H8BrFO5S/c1-18-12(15)9-4-2-3-7-5-8(19-20(14,16)17)6-10(13)11(7)9/h2-6H,1H3. The van der Waals surface area contributed by atoms with Crippen LogP contribution in [-0.4, -0.2) is 21.5 Å². The van der Waals surface area contributed by atoms with Crippen molar-refractivity contribution >= 4 is 43.2 Å². The van der Waals surface area contributed by atoms with E-state index in [4.69, 9.17) is 0 Å². The highest BCUT2D eigenvalue weighted by atomic mass is 79.9. The minimum absolute atomic E-state index is 0.200. The van der Waals surface area contributed by atoms with Crippen LogP contribution in [0, 0.1) is 0 Å². The molecule has 0 aliphatic carbocycles. The number of esters is 1. The minimum atomic E-state index is -5.11. The summed E-state index contributed by atoms with van der Waals surface area (Å²) >= 11 is 3.20. The molecule has 0 saturated heterocycles. The lowest BCUT2D eigenvalue weighted by molar-refractivity contribution is 0.0603. The van der Waals surface area contributed by atoms with Crippen LogP contribution >= 0.6 is 15.9 Å². The fourth-order valence-electron chi connectivity index (χ4n) is 1.79. The molecule has 0 aliphatic rings. The van der Waals surface area contributed by atoms with E-state index in [1.165, 1.54) is 19.2 Å². The van der Waals surface area contributed by atoms with Crippen molar-refractivity contribution in [2.75, 3.05) is 7.11 Å². The Kier molecular flexibility index (Phi) is 3.96. The van der Waals surface area contributed by atoms with Crippen LogP contribution in [0.2, 0.25) is 0 Å². The van der Waals surface area contributed by atoms with E-state index in [0.29, 0.717) is 20.8 Å². The number of benzene rings is 2. The number of rotatable bonds is 3. The van der Waals surface area contributed by atoms with Crippen molar-refractivity contribution in [1.29, 1.82) is 0 Å². The molecule has 0 unspecified atom stereocenters. The van der Waals surface area contributed by atoms with Gasteiger partial charge in [0.2, 0.25) is 0 Å². The molecule has 2 aromatic carbocycles. The van der Waals surface area contributed by atoms with Crippen LogP contribution < -0.4 is 4.18 Å². The average molecular weight is 363 g/mol. The average Bonchev–Trinajstić information content (AvgIpc) is 2.35. The van der Waals surface area contributed by atoms with Gasteiger partial charge in [-0.3, -0.25) is 0 Å². The lowest BCUT2D eigenvalue weighted by Crippen LogP contribution is -2.04. The maximum absolute atomic E-state index is 12.5. The van der Waals surface area contributed by atoms with Crippen molar-refractivity contribution in [3.63, 3.8) is 0 Å². The van der Waals surface area contributed by atoms with Crippen LogP contribution in [0.3, 0.4) is 0 Å².